The Morgan fingerprint density at radius 2 is 2.05 bits per heavy atom. The zero-order chi connectivity index (χ0) is 13.9. The Morgan fingerprint density at radius 3 is 2.85 bits per heavy atom. The molecule has 2 aliphatic rings. The first-order valence-electron chi connectivity index (χ1n) is 7.47. The molecule has 1 aromatic carbocycles. The van der Waals surface area contributed by atoms with E-state index in [0.29, 0.717) is 11.8 Å². The highest BCUT2D eigenvalue weighted by atomic mass is 19.1. The van der Waals surface area contributed by atoms with Gasteiger partial charge in [0.2, 0.25) is 0 Å². The summed E-state index contributed by atoms with van der Waals surface area (Å²) in [7, 11) is 0. The van der Waals surface area contributed by atoms with Crippen LogP contribution in [-0.4, -0.2) is 43.3 Å². The summed E-state index contributed by atoms with van der Waals surface area (Å²) in [4.78, 5) is 2.50. The fourth-order valence-electron chi connectivity index (χ4n) is 3.11. The van der Waals surface area contributed by atoms with Gasteiger partial charge >= 0.3 is 0 Å². The Labute approximate surface area is 119 Å². The number of likely N-dealkylation sites (tertiary alicyclic amines) is 1. The summed E-state index contributed by atoms with van der Waals surface area (Å²) in [6, 6.07) is 5.37. The van der Waals surface area contributed by atoms with Crippen LogP contribution in [0.2, 0.25) is 0 Å². The lowest BCUT2D eigenvalue weighted by Crippen LogP contribution is -2.38. The summed E-state index contributed by atoms with van der Waals surface area (Å²) in [5.74, 6) is 0.453. The predicted octanol–water partition coefficient (Wildman–Crippen LogP) is 2.77. The van der Waals surface area contributed by atoms with Crippen molar-refractivity contribution >= 4 is 0 Å². The van der Waals surface area contributed by atoms with Crippen LogP contribution in [0.4, 0.5) is 4.39 Å². The molecule has 0 radical (unpaired) electrons. The Hall–Kier alpha value is -1.13. The van der Waals surface area contributed by atoms with E-state index in [9.17, 15) is 4.39 Å². The number of benzene rings is 1. The van der Waals surface area contributed by atoms with Crippen LogP contribution in [0.1, 0.15) is 24.8 Å². The summed E-state index contributed by atoms with van der Waals surface area (Å²) < 4.78 is 24.7. The lowest BCUT2D eigenvalue weighted by atomic mass is 10.1. The molecule has 0 unspecified atom stereocenters. The molecule has 0 aromatic heterocycles. The molecule has 0 aliphatic carbocycles. The molecule has 20 heavy (non-hydrogen) atoms. The van der Waals surface area contributed by atoms with Gasteiger partial charge in [-0.15, -0.1) is 0 Å². The van der Waals surface area contributed by atoms with Crippen LogP contribution >= 0.6 is 0 Å². The number of hydrogen-bond donors (Lipinski definition) is 0. The maximum Gasteiger partial charge on any atom is 0.126 e. The second-order valence-electron chi connectivity index (χ2n) is 5.78. The zero-order valence-corrected chi connectivity index (χ0v) is 12.0. The fourth-order valence-corrected chi connectivity index (χ4v) is 3.11. The van der Waals surface area contributed by atoms with Crippen LogP contribution in [0.5, 0.6) is 5.75 Å². The first kappa shape index (κ1) is 13.8. The maximum absolute atomic E-state index is 13.3. The van der Waals surface area contributed by atoms with Crippen molar-refractivity contribution in [2.45, 2.75) is 38.3 Å². The van der Waals surface area contributed by atoms with Gasteiger partial charge in [-0.05, 0) is 37.8 Å². The average molecular weight is 279 g/mol. The molecule has 4 heteroatoms. The summed E-state index contributed by atoms with van der Waals surface area (Å²) in [6.45, 7) is 5.72. The largest absolute Gasteiger partial charge is 0.489 e. The first-order chi connectivity index (χ1) is 9.72. The van der Waals surface area contributed by atoms with Gasteiger partial charge in [0, 0.05) is 38.4 Å². The summed E-state index contributed by atoms with van der Waals surface area (Å²) >= 11 is 0. The molecule has 2 heterocycles. The van der Waals surface area contributed by atoms with E-state index in [1.807, 2.05) is 6.92 Å². The molecule has 0 spiro atoms. The SMILES string of the molecule is Cc1ccc(F)cc1O[C@@H]1CCN(C2CCOCC2)C1. The van der Waals surface area contributed by atoms with E-state index in [-0.39, 0.29) is 11.9 Å². The highest BCUT2D eigenvalue weighted by Gasteiger charge is 2.30. The molecule has 110 valence electrons. The first-order valence-corrected chi connectivity index (χ1v) is 7.47. The quantitative estimate of drug-likeness (QED) is 0.849. The van der Waals surface area contributed by atoms with E-state index in [4.69, 9.17) is 9.47 Å². The van der Waals surface area contributed by atoms with Crippen LogP contribution in [0.25, 0.3) is 0 Å². The fraction of sp³-hybridized carbons (Fsp3) is 0.625. The van der Waals surface area contributed by atoms with Crippen molar-refractivity contribution in [2.24, 2.45) is 0 Å². The maximum atomic E-state index is 13.3. The van der Waals surface area contributed by atoms with Gasteiger partial charge < -0.3 is 9.47 Å². The Morgan fingerprint density at radius 1 is 1.25 bits per heavy atom. The molecule has 2 fully saturated rings. The number of halogens is 1. The molecule has 0 bridgehead atoms. The molecule has 1 atom stereocenters. The number of hydrogen-bond acceptors (Lipinski definition) is 3. The van der Waals surface area contributed by atoms with Crippen molar-refractivity contribution in [3.63, 3.8) is 0 Å². The van der Waals surface area contributed by atoms with E-state index in [2.05, 4.69) is 4.90 Å². The minimum Gasteiger partial charge on any atom is -0.489 e. The Balaban J connectivity index is 1.58. The molecular weight excluding hydrogens is 257 g/mol. The van der Waals surface area contributed by atoms with Gasteiger partial charge in [0.1, 0.15) is 17.7 Å². The van der Waals surface area contributed by atoms with E-state index in [0.717, 1.165) is 51.1 Å². The van der Waals surface area contributed by atoms with Crippen LogP contribution in [0.15, 0.2) is 18.2 Å². The van der Waals surface area contributed by atoms with Crippen LogP contribution in [-0.2, 0) is 4.74 Å². The molecular formula is C16H22FNO2. The highest BCUT2D eigenvalue weighted by Crippen LogP contribution is 2.26. The van der Waals surface area contributed by atoms with E-state index < -0.39 is 0 Å². The van der Waals surface area contributed by atoms with Gasteiger partial charge in [-0.3, -0.25) is 4.90 Å². The number of nitrogens with zero attached hydrogens (tertiary/aromatic N) is 1. The van der Waals surface area contributed by atoms with Crippen LogP contribution < -0.4 is 4.74 Å². The Bertz CT molecular complexity index is 460. The third kappa shape index (κ3) is 3.13. The molecule has 3 rings (SSSR count). The summed E-state index contributed by atoms with van der Waals surface area (Å²) in [5.41, 5.74) is 0.996. The number of rotatable bonds is 3. The summed E-state index contributed by atoms with van der Waals surface area (Å²) in [6.07, 6.45) is 3.43. The standard InChI is InChI=1S/C16H22FNO2/c1-12-2-3-13(17)10-16(12)20-15-4-7-18(11-15)14-5-8-19-9-6-14/h2-3,10,14-15H,4-9,11H2,1H3/t15-/m1/s1. The smallest absolute Gasteiger partial charge is 0.126 e. The normalized spacial score (nSPS) is 25.0. The third-order valence-corrected chi connectivity index (χ3v) is 4.33. The highest BCUT2D eigenvalue weighted by molar-refractivity contribution is 5.32. The second kappa shape index (κ2) is 6.10. The van der Waals surface area contributed by atoms with Crippen LogP contribution in [0, 0.1) is 12.7 Å². The molecule has 0 amide bonds. The van der Waals surface area contributed by atoms with Gasteiger partial charge in [-0.25, -0.2) is 4.39 Å². The van der Waals surface area contributed by atoms with E-state index >= 15 is 0 Å². The lowest BCUT2D eigenvalue weighted by molar-refractivity contribution is 0.0387. The number of ether oxygens (including phenoxy) is 2. The minimum absolute atomic E-state index is 0.179. The third-order valence-electron chi connectivity index (χ3n) is 4.33. The monoisotopic (exact) mass is 279 g/mol. The van der Waals surface area contributed by atoms with Crippen molar-refractivity contribution in [1.29, 1.82) is 0 Å². The second-order valence-corrected chi connectivity index (χ2v) is 5.78. The zero-order valence-electron chi connectivity index (χ0n) is 12.0. The van der Waals surface area contributed by atoms with Gasteiger partial charge in [0.15, 0.2) is 0 Å². The van der Waals surface area contributed by atoms with Gasteiger partial charge in [0.05, 0.1) is 0 Å². The molecule has 2 saturated heterocycles. The molecule has 0 N–H and O–H groups in total. The topological polar surface area (TPSA) is 21.7 Å². The molecule has 2 aliphatic heterocycles. The molecule has 0 saturated carbocycles. The van der Waals surface area contributed by atoms with Gasteiger partial charge in [0.25, 0.3) is 0 Å². The lowest BCUT2D eigenvalue weighted by Gasteiger charge is -2.30. The minimum atomic E-state index is -0.232. The van der Waals surface area contributed by atoms with E-state index in [1.54, 1.807) is 6.07 Å². The molecule has 3 nitrogen and oxygen atoms in total. The summed E-state index contributed by atoms with van der Waals surface area (Å²) in [5, 5.41) is 0. The number of aryl methyl sites for hydroxylation is 1. The van der Waals surface area contributed by atoms with Crippen molar-refractivity contribution < 1.29 is 13.9 Å². The van der Waals surface area contributed by atoms with Crippen molar-refractivity contribution in [3.05, 3.63) is 29.6 Å². The van der Waals surface area contributed by atoms with E-state index in [1.165, 1.54) is 12.1 Å². The Kier molecular flexibility index (Phi) is 4.22. The van der Waals surface area contributed by atoms with Gasteiger partial charge in [-0.1, -0.05) is 6.07 Å². The van der Waals surface area contributed by atoms with Crippen molar-refractivity contribution in [2.75, 3.05) is 26.3 Å². The predicted molar refractivity (Wildman–Crippen MR) is 75.6 cm³/mol. The van der Waals surface area contributed by atoms with Crippen molar-refractivity contribution in [1.82, 2.24) is 4.90 Å². The van der Waals surface area contributed by atoms with Gasteiger partial charge in [-0.2, -0.15) is 0 Å². The molecule has 1 aromatic rings. The van der Waals surface area contributed by atoms with Crippen molar-refractivity contribution in [3.8, 4) is 5.75 Å². The van der Waals surface area contributed by atoms with Crippen LogP contribution in [0.3, 0.4) is 0 Å². The average Bonchev–Trinajstić information content (AvgIpc) is 2.92.